The first-order valence-electron chi connectivity index (χ1n) is 7.96. The Hall–Kier alpha value is -2.79. The van der Waals surface area contributed by atoms with E-state index in [0.717, 1.165) is 34.9 Å². The van der Waals surface area contributed by atoms with Gasteiger partial charge in [0.2, 0.25) is 0 Å². The van der Waals surface area contributed by atoms with E-state index in [-0.39, 0.29) is 18.3 Å². The summed E-state index contributed by atoms with van der Waals surface area (Å²) >= 11 is 0. The number of halogens is 1. The number of H-pyrrole nitrogens is 1. The van der Waals surface area contributed by atoms with Crippen molar-refractivity contribution in [1.82, 2.24) is 9.97 Å². The second-order valence-electron chi connectivity index (χ2n) is 6.00. The first-order chi connectivity index (χ1) is 11.6. The fourth-order valence-electron chi connectivity index (χ4n) is 3.19. The largest absolute Gasteiger partial charge is 0.399 e. The number of anilines is 2. The Kier molecular flexibility index (Phi) is 4.51. The molecule has 0 saturated carbocycles. The molecule has 0 aliphatic carbocycles. The zero-order valence-electron chi connectivity index (χ0n) is 13.8. The molecule has 0 bridgehead atoms. The van der Waals surface area contributed by atoms with Gasteiger partial charge in [0.1, 0.15) is 5.82 Å². The molecule has 4 rings (SSSR count). The molecule has 5 nitrogen and oxygen atoms in total. The number of aryl methyl sites for hydroxylation is 1. The van der Waals surface area contributed by atoms with Gasteiger partial charge in [-0.15, -0.1) is 12.4 Å². The first kappa shape index (κ1) is 17.0. The molecule has 2 aromatic carbocycles. The van der Waals surface area contributed by atoms with Crippen molar-refractivity contribution in [3.05, 3.63) is 65.6 Å². The molecule has 1 aliphatic heterocycles. The van der Waals surface area contributed by atoms with Crippen LogP contribution in [0.2, 0.25) is 0 Å². The third-order valence-electron chi connectivity index (χ3n) is 4.34. The summed E-state index contributed by atoms with van der Waals surface area (Å²) in [6.45, 7) is 2.56. The minimum absolute atomic E-state index is 0. The topological polar surface area (TPSA) is 75.0 Å². The molecule has 3 aromatic rings. The second kappa shape index (κ2) is 6.61. The van der Waals surface area contributed by atoms with Crippen molar-refractivity contribution in [3.8, 4) is 11.3 Å². The van der Waals surface area contributed by atoms with Crippen molar-refractivity contribution in [2.45, 2.75) is 13.3 Å². The molecular formula is C19H19ClN4O. The molecule has 0 atom stereocenters. The van der Waals surface area contributed by atoms with Gasteiger partial charge in [0.25, 0.3) is 5.91 Å². The number of nitrogens with two attached hydrogens (primary N) is 1. The summed E-state index contributed by atoms with van der Waals surface area (Å²) in [6.07, 6.45) is 0.742. The van der Waals surface area contributed by atoms with Crippen LogP contribution in [0.3, 0.4) is 0 Å². The van der Waals surface area contributed by atoms with Crippen LogP contribution in [0.5, 0.6) is 0 Å². The highest BCUT2D eigenvalue weighted by molar-refractivity contribution is 6.08. The molecule has 1 aromatic heterocycles. The van der Waals surface area contributed by atoms with Gasteiger partial charge in [-0.3, -0.25) is 4.79 Å². The Morgan fingerprint density at radius 2 is 1.88 bits per heavy atom. The molecule has 128 valence electrons. The maximum Gasteiger partial charge on any atom is 0.258 e. The molecule has 25 heavy (non-hydrogen) atoms. The number of nitrogen functional groups attached to an aromatic ring is 1. The van der Waals surface area contributed by atoms with Crippen molar-refractivity contribution in [1.29, 1.82) is 0 Å². The van der Waals surface area contributed by atoms with E-state index in [1.54, 1.807) is 24.3 Å². The molecule has 1 amide bonds. The molecule has 0 unspecified atom stereocenters. The Morgan fingerprint density at radius 1 is 1.16 bits per heavy atom. The van der Waals surface area contributed by atoms with Crippen molar-refractivity contribution in [2.75, 3.05) is 17.2 Å². The summed E-state index contributed by atoms with van der Waals surface area (Å²) in [5.41, 5.74) is 10.9. The highest BCUT2D eigenvalue weighted by Gasteiger charge is 2.26. The van der Waals surface area contributed by atoms with E-state index in [1.165, 1.54) is 0 Å². The van der Waals surface area contributed by atoms with Crippen LogP contribution in [0.4, 0.5) is 11.4 Å². The van der Waals surface area contributed by atoms with Crippen LogP contribution in [0.25, 0.3) is 11.3 Å². The third-order valence-corrected chi connectivity index (χ3v) is 4.34. The SMILES string of the molecule is Cc1nc2c([nH]1)CCN(C(=O)c1ccc(N)cc1)c1ccccc1-2.Cl. The molecule has 2 heterocycles. The maximum absolute atomic E-state index is 13.0. The van der Waals surface area contributed by atoms with Crippen LogP contribution in [0.1, 0.15) is 21.9 Å². The Labute approximate surface area is 152 Å². The smallest absolute Gasteiger partial charge is 0.258 e. The number of imidazole rings is 1. The van der Waals surface area contributed by atoms with Crippen molar-refractivity contribution in [3.63, 3.8) is 0 Å². The number of nitrogens with zero attached hydrogens (tertiary/aromatic N) is 2. The number of aromatic nitrogens is 2. The third kappa shape index (κ3) is 2.98. The number of carbonyl (C=O) groups is 1. The number of amides is 1. The number of hydrogen-bond acceptors (Lipinski definition) is 3. The zero-order chi connectivity index (χ0) is 16.7. The lowest BCUT2D eigenvalue weighted by Crippen LogP contribution is -2.32. The number of para-hydroxylation sites is 1. The van der Waals surface area contributed by atoms with Gasteiger partial charge in [0.05, 0.1) is 11.4 Å². The number of fused-ring (bicyclic) bond motifs is 3. The molecule has 1 aliphatic rings. The number of nitrogens with one attached hydrogen (secondary N) is 1. The van der Waals surface area contributed by atoms with Crippen LogP contribution >= 0.6 is 12.4 Å². The van der Waals surface area contributed by atoms with Crippen LogP contribution in [-0.2, 0) is 6.42 Å². The van der Waals surface area contributed by atoms with Gasteiger partial charge in [-0.1, -0.05) is 18.2 Å². The summed E-state index contributed by atoms with van der Waals surface area (Å²) in [4.78, 5) is 22.8. The van der Waals surface area contributed by atoms with Gasteiger partial charge in [-0.25, -0.2) is 4.98 Å². The van der Waals surface area contributed by atoms with Gasteiger partial charge < -0.3 is 15.6 Å². The van der Waals surface area contributed by atoms with E-state index in [9.17, 15) is 4.79 Å². The van der Waals surface area contributed by atoms with E-state index >= 15 is 0 Å². The van der Waals surface area contributed by atoms with Gasteiger partial charge in [0.15, 0.2) is 0 Å². The summed E-state index contributed by atoms with van der Waals surface area (Å²) in [6, 6.07) is 15.0. The lowest BCUT2D eigenvalue weighted by molar-refractivity contribution is 0.0987. The predicted molar refractivity (Wildman–Crippen MR) is 102 cm³/mol. The molecule has 6 heteroatoms. The van der Waals surface area contributed by atoms with Crippen LogP contribution in [0, 0.1) is 6.92 Å². The van der Waals surface area contributed by atoms with Crippen LogP contribution in [-0.4, -0.2) is 22.4 Å². The van der Waals surface area contributed by atoms with Crippen LogP contribution in [0.15, 0.2) is 48.5 Å². The standard InChI is InChI=1S/C19H18N4O.ClH/c1-12-21-16-10-11-23(19(24)13-6-8-14(20)9-7-13)17-5-3-2-4-15(17)18(16)22-12;/h2-9H,10-11,20H2,1H3,(H,21,22);1H. The van der Waals surface area contributed by atoms with E-state index in [0.29, 0.717) is 17.8 Å². The molecule has 0 spiro atoms. The monoisotopic (exact) mass is 354 g/mol. The molecule has 0 radical (unpaired) electrons. The average Bonchev–Trinajstić information content (AvgIpc) is 2.89. The summed E-state index contributed by atoms with van der Waals surface area (Å²) < 4.78 is 0. The van der Waals surface area contributed by atoms with E-state index in [4.69, 9.17) is 5.73 Å². The minimum atomic E-state index is -0.0238. The fourth-order valence-corrected chi connectivity index (χ4v) is 3.19. The average molecular weight is 355 g/mol. The zero-order valence-corrected chi connectivity index (χ0v) is 14.6. The molecule has 0 saturated heterocycles. The Bertz CT molecular complexity index is 917. The van der Waals surface area contributed by atoms with Gasteiger partial charge in [-0.05, 0) is 37.3 Å². The van der Waals surface area contributed by atoms with Crippen molar-refractivity contribution < 1.29 is 4.79 Å². The summed E-state index contributed by atoms with van der Waals surface area (Å²) in [5, 5.41) is 0. The lowest BCUT2D eigenvalue weighted by Gasteiger charge is -2.23. The highest BCUT2D eigenvalue weighted by Crippen LogP contribution is 2.35. The minimum Gasteiger partial charge on any atom is -0.399 e. The van der Waals surface area contributed by atoms with E-state index in [2.05, 4.69) is 9.97 Å². The maximum atomic E-state index is 13.0. The van der Waals surface area contributed by atoms with E-state index < -0.39 is 0 Å². The number of rotatable bonds is 1. The fraction of sp³-hybridized carbons (Fsp3) is 0.158. The first-order valence-corrected chi connectivity index (χ1v) is 7.96. The normalized spacial score (nSPS) is 12.6. The lowest BCUT2D eigenvalue weighted by atomic mass is 10.1. The summed E-state index contributed by atoms with van der Waals surface area (Å²) in [5.74, 6) is 0.873. The van der Waals surface area contributed by atoms with Crippen molar-refractivity contribution in [2.24, 2.45) is 0 Å². The quantitative estimate of drug-likeness (QED) is 0.656. The molecular weight excluding hydrogens is 336 g/mol. The number of hydrogen-bond donors (Lipinski definition) is 2. The van der Waals surface area contributed by atoms with Gasteiger partial charge >= 0.3 is 0 Å². The van der Waals surface area contributed by atoms with E-state index in [1.807, 2.05) is 36.1 Å². The number of aromatic amines is 1. The second-order valence-corrected chi connectivity index (χ2v) is 6.00. The predicted octanol–water partition coefficient (Wildman–Crippen LogP) is 3.59. The molecule has 3 N–H and O–H groups in total. The highest BCUT2D eigenvalue weighted by atomic mass is 35.5. The summed E-state index contributed by atoms with van der Waals surface area (Å²) in [7, 11) is 0. The number of carbonyl (C=O) groups excluding carboxylic acids is 1. The van der Waals surface area contributed by atoms with Crippen molar-refractivity contribution >= 4 is 29.7 Å². The Morgan fingerprint density at radius 3 is 2.64 bits per heavy atom. The van der Waals surface area contributed by atoms with Crippen LogP contribution < -0.4 is 10.6 Å². The Balaban J connectivity index is 0.00000182. The number of benzene rings is 2. The molecule has 0 fully saturated rings. The van der Waals surface area contributed by atoms with Gasteiger partial charge in [-0.2, -0.15) is 0 Å². The van der Waals surface area contributed by atoms with Gasteiger partial charge in [0, 0.05) is 35.5 Å².